The molecule has 0 radical (unpaired) electrons. The molecule has 23 heavy (non-hydrogen) atoms. The van der Waals surface area contributed by atoms with E-state index in [1.165, 1.54) is 11.3 Å². The lowest BCUT2D eigenvalue weighted by Gasteiger charge is -2.24. The number of nitrogens with two attached hydrogens (primary N) is 1. The van der Waals surface area contributed by atoms with Crippen molar-refractivity contribution >= 4 is 40.7 Å². The maximum Gasteiger partial charge on any atom is 0.357 e. The Labute approximate surface area is 142 Å². The molecule has 0 aliphatic carbocycles. The molecular weight excluding hydrogens is 338 g/mol. The monoisotopic (exact) mass is 353 g/mol. The van der Waals surface area contributed by atoms with Crippen molar-refractivity contribution in [2.45, 2.75) is 25.8 Å². The van der Waals surface area contributed by atoms with Crippen molar-refractivity contribution in [3.63, 3.8) is 0 Å². The largest absolute Gasteiger partial charge is 0.461 e. The number of hydrogen-bond acceptors (Lipinski definition) is 8. The molecule has 1 aliphatic heterocycles. The van der Waals surface area contributed by atoms with Crippen LogP contribution in [-0.2, 0) is 4.74 Å². The summed E-state index contributed by atoms with van der Waals surface area (Å²) in [6.45, 7) is 2.93. The molecule has 3 heterocycles. The van der Waals surface area contributed by atoms with Crippen LogP contribution >= 0.6 is 22.9 Å². The fraction of sp³-hybridized carbons (Fsp3) is 0.429. The summed E-state index contributed by atoms with van der Waals surface area (Å²) >= 11 is 7.42. The lowest BCUT2D eigenvalue weighted by atomic mass is 10.2. The van der Waals surface area contributed by atoms with Crippen molar-refractivity contribution in [2.24, 2.45) is 0 Å². The first-order valence-corrected chi connectivity index (χ1v) is 8.53. The highest BCUT2D eigenvalue weighted by molar-refractivity contribution is 7.10. The highest BCUT2D eigenvalue weighted by atomic mass is 35.5. The zero-order valence-corrected chi connectivity index (χ0v) is 14.1. The number of halogens is 1. The second-order valence-electron chi connectivity index (χ2n) is 5.05. The molecular formula is C14H16ClN5O2S. The van der Waals surface area contributed by atoms with Gasteiger partial charge in [-0.15, -0.1) is 11.3 Å². The van der Waals surface area contributed by atoms with Gasteiger partial charge in [0.25, 0.3) is 0 Å². The van der Waals surface area contributed by atoms with E-state index in [9.17, 15) is 4.79 Å². The number of nitrogen functional groups attached to an aromatic ring is 1. The van der Waals surface area contributed by atoms with Crippen LogP contribution in [0.15, 0.2) is 11.4 Å². The number of ether oxygens (including phenoxy) is 1. The van der Waals surface area contributed by atoms with E-state index in [2.05, 4.69) is 19.9 Å². The third-order valence-electron chi connectivity index (χ3n) is 3.54. The molecule has 2 aromatic heterocycles. The van der Waals surface area contributed by atoms with Crippen LogP contribution in [0.3, 0.4) is 0 Å². The van der Waals surface area contributed by atoms with E-state index in [1.807, 2.05) is 0 Å². The fourth-order valence-corrected chi connectivity index (χ4v) is 3.73. The Morgan fingerprint density at radius 3 is 3.09 bits per heavy atom. The van der Waals surface area contributed by atoms with Crippen molar-refractivity contribution in [3.05, 3.63) is 27.3 Å². The number of rotatable bonds is 4. The number of carbonyl (C=O) groups is 1. The van der Waals surface area contributed by atoms with Crippen LogP contribution in [0.1, 0.15) is 41.3 Å². The van der Waals surface area contributed by atoms with Crippen LogP contribution in [0.5, 0.6) is 0 Å². The zero-order valence-electron chi connectivity index (χ0n) is 12.5. The number of carbonyl (C=O) groups excluding carboxylic acids is 1. The molecule has 1 saturated heterocycles. The van der Waals surface area contributed by atoms with E-state index in [-0.39, 0.29) is 12.0 Å². The lowest BCUT2D eigenvalue weighted by molar-refractivity contribution is 0.0520. The predicted octanol–water partition coefficient (Wildman–Crippen LogP) is 2.69. The molecule has 7 nitrogen and oxygen atoms in total. The Kier molecular flexibility index (Phi) is 4.63. The van der Waals surface area contributed by atoms with E-state index >= 15 is 0 Å². The van der Waals surface area contributed by atoms with Gasteiger partial charge < -0.3 is 15.4 Å². The first-order valence-electron chi connectivity index (χ1n) is 7.27. The summed E-state index contributed by atoms with van der Waals surface area (Å²) < 4.78 is 4.98. The van der Waals surface area contributed by atoms with Crippen molar-refractivity contribution in [1.82, 2.24) is 15.0 Å². The summed E-state index contributed by atoms with van der Waals surface area (Å²) in [7, 11) is 0. The van der Waals surface area contributed by atoms with E-state index in [0.29, 0.717) is 23.3 Å². The van der Waals surface area contributed by atoms with Gasteiger partial charge >= 0.3 is 5.97 Å². The number of hydrogen-bond donors (Lipinski definition) is 1. The fourth-order valence-electron chi connectivity index (χ4n) is 2.61. The molecule has 9 heteroatoms. The number of aromatic nitrogens is 3. The average molecular weight is 354 g/mol. The molecule has 1 atom stereocenters. The molecule has 1 unspecified atom stereocenters. The Morgan fingerprint density at radius 1 is 1.52 bits per heavy atom. The standard InChI is InChI=1S/C14H16ClN5O2S/c1-2-22-13(21)8-7-23-12(17-8)9-4-3-5-20(9)11-6-10(15)18-14(16)19-11/h6-7,9H,2-5H2,1H3,(H2,16,18,19). The number of nitrogens with zero attached hydrogens (tertiary/aromatic N) is 4. The van der Waals surface area contributed by atoms with Gasteiger partial charge in [0.15, 0.2) is 5.69 Å². The van der Waals surface area contributed by atoms with Gasteiger partial charge in [0.05, 0.1) is 12.6 Å². The van der Waals surface area contributed by atoms with Crippen molar-refractivity contribution in [2.75, 3.05) is 23.8 Å². The zero-order chi connectivity index (χ0) is 16.4. The normalized spacial score (nSPS) is 17.5. The van der Waals surface area contributed by atoms with E-state index in [4.69, 9.17) is 22.1 Å². The van der Waals surface area contributed by atoms with Crippen LogP contribution in [-0.4, -0.2) is 34.1 Å². The SMILES string of the molecule is CCOC(=O)c1csc(C2CCCN2c2cc(Cl)nc(N)n2)n1. The molecule has 1 fully saturated rings. The van der Waals surface area contributed by atoms with Crippen LogP contribution < -0.4 is 10.6 Å². The van der Waals surface area contributed by atoms with Gasteiger partial charge in [0.2, 0.25) is 5.95 Å². The Balaban J connectivity index is 1.85. The molecule has 0 spiro atoms. The van der Waals surface area contributed by atoms with Crippen molar-refractivity contribution < 1.29 is 9.53 Å². The van der Waals surface area contributed by atoms with Gasteiger partial charge in [-0.25, -0.2) is 14.8 Å². The van der Waals surface area contributed by atoms with E-state index in [1.54, 1.807) is 18.4 Å². The molecule has 0 amide bonds. The Hall–Kier alpha value is -1.93. The molecule has 2 aromatic rings. The first-order chi connectivity index (χ1) is 11.1. The third-order valence-corrected chi connectivity index (χ3v) is 4.68. The third kappa shape index (κ3) is 3.37. The molecule has 122 valence electrons. The Bertz CT molecular complexity index is 703. The highest BCUT2D eigenvalue weighted by Gasteiger charge is 2.30. The Morgan fingerprint density at radius 2 is 2.35 bits per heavy atom. The molecule has 0 bridgehead atoms. The van der Waals surface area contributed by atoms with Crippen LogP contribution in [0.4, 0.5) is 11.8 Å². The molecule has 1 aliphatic rings. The summed E-state index contributed by atoms with van der Waals surface area (Å²) in [5.41, 5.74) is 6.03. The van der Waals surface area contributed by atoms with Gasteiger partial charge in [0, 0.05) is 18.0 Å². The predicted molar refractivity (Wildman–Crippen MR) is 88.8 cm³/mol. The average Bonchev–Trinajstić information content (AvgIpc) is 3.15. The van der Waals surface area contributed by atoms with E-state index < -0.39 is 5.97 Å². The minimum Gasteiger partial charge on any atom is -0.461 e. The second kappa shape index (κ2) is 6.67. The van der Waals surface area contributed by atoms with Crippen molar-refractivity contribution in [1.29, 1.82) is 0 Å². The second-order valence-corrected chi connectivity index (χ2v) is 6.33. The smallest absolute Gasteiger partial charge is 0.357 e. The number of thiazole rings is 1. The summed E-state index contributed by atoms with van der Waals surface area (Å²) in [6, 6.07) is 1.74. The maximum atomic E-state index is 11.8. The van der Waals surface area contributed by atoms with Gasteiger partial charge in [0.1, 0.15) is 16.0 Å². The minimum atomic E-state index is -0.395. The quantitative estimate of drug-likeness (QED) is 0.667. The number of anilines is 2. The summed E-state index contributed by atoms with van der Waals surface area (Å²) in [4.78, 5) is 26.4. The molecule has 2 N–H and O–H groups in total. The lowest BCUT2D eigenvalue weighted by Crippen LogP contribution is -2.24. The van der Waals surface area contributed by atoms with Gasteiger partial charge in [-0.1, -0.05) is 11.6 Å². The van der Waals surface area contributed by atoms with Gasteiger partial charge in [-0.2, -0.15) is 4.98 Å². The highest BCUT2D eigenvalue weighted by Crippen LogP contribution is 2.37. The van der Waals surface area contributed by atoms with Gasteiger partial charge in [-0.3, -0.25) is 0 Å². The maximum absolute atomic E-state index is 11.8. The summed E-state index contributed by atoms with van der Waals surface area (Å²) in [5, 5.41) is 2.90. The van der Waals surface area contributed by atoms with E-state index in [0.717, 1.165) is 24.4 Å². The van der Waals surface area contributed by atoms with Gasteiger partial charge in [-0.05, 0) is 19.8 Å². The summed E-state index contributed by atoms with van der Waals surface area (Å²) in [5.74, 6) is 0.427. The van der Waals surface area contributed by atoms with Crippen LogP contribution in [0, 0.1) is 0 Å². The molecule has 0 saturated carbocycles. The van der Waals surface area contributed by atoms with Crippen LogP contribution in [0.25, 0.3) is 0 Å². The number of esters is 1. The molecule has 3 rings (SSSR count). The molecule has 0 aromatic carbocycles. The first kappa shape index (κ1) is 15.9. The topological polar surface area (TPSA) is 94.2 Å². The summed E-state index contributed by atoms with van der Waals surface area (Å²) in [6.07, 6.45) is 1.93. The minimum absolute atomic E-state index is 0.0496. The van der Waals surface area contributed by atoms with Crippen LogP contribution in [0.2, 0.25) is 5.15 Å². The van der Waals surface area contributed by atoms with Crippen molar-refractivity contribution in [3.8, 4) is 0 Å².